The Labute approximate surface area is 137 Å². The van der Waals surface area contributed by atoms with Crippen molar-refractivity contribution in [3.05, 3.63) is 53.5 Å². The number of benzene rings is 1. The summed E-state index contributed by atoms with van der Waals surface area (Å²) < 4.78 is 11.2. The van der Waals surface area contributed by atoms with Crippen LogP contribution < -0.4 is 10.1 Å². The Morgan fingerprint density at radius 2 is 2.04 bits per heavy atom. The van der Waals surface area contributed by atoms with Gasteiger partial charge in [0, 0.05) is 6.54 Å². The van der Waals surface area contributed by atoms with E-state index in [-0.39, 0.29) is 18.6 Å². The van der Waals surface area contributed by atoms with Crippen LogP contribution >= 0.6 is 0 Å². The number of ether oxygens (including phenoxy) is 1. The van der Waals surface area contributed by atoms with E-state index in [1.807, 2.05) is 69.2 Å². The predicted molar refractivity (Wildman–Crippen MR) is 89.6 cm³/mol. The molecule has 0 spiro atoms. The second kappa shape index (κ2) is 7.83. The topological polar surface area (TPSA) is 54.7 Å². The fraction of sp³-hybridized carbons (Fsp3) is 0.389. The Balaban J connectivity index is 1.84. The van der Waals surface area contributed by atoms with Crippen LogP contribution in [0.3, 0.4) is 0 Å². The van der Waals surface area contributed by atoms with Gasteiger partial charge in [0.2, 0.25) is 0 Å². The van der Waals surface area contributed by atoms with Crippen molar-refractivity contribution < 1.29 is 13.9 Å². The summed E-state index contributed by atoms with van der Waals surface area (Å²) >= 11 is 0. The van der Waals surface area contributed by atoms with Crippen molar-refractivity contribution in [1.82, 2.24) is 10.2 Å². The van der Waals surface area contributed by atoms with Crippen LogP contribution in [-0.4, -0.2) is 38.1 Å². The number of hydrogen-bond donors (Lipinski definition) is 1. The zero-order chi connectivity index (χ0) is 16.8. The maximum Gasteiger partial charge on any atom is 0.258 e. The van der Waals surface area contributed by atoms with Gasteiger partial charge in [-0.3, -0.25) is 9.69 Å². The van der Waals surface area contributed by atoms with Crippen LogP contribution in [0.25, 0.3) is 0 Å². The Bertz CT molecular complexity index is 649. The first kappa shape index (κ1) is 17.1. The molecule has 0 aliphatic rings. The van der Waals surface area contributed by atoms with Crippen LogP contribution in [-0.2, 0) is 4.79 Å². The van der Waals surface area contributed by atoms with E-state index in [4.69, 9.17) is 9.15 Å². The molecule has 5 nitrogen and oxygen atoms in total. The Morgan fingerprint density at radius 1 is 1.26 bits per heavy atom. The van der Waals surface area contributed by atoms with Gasteiger partial charge in [0.15, 0.2) is 6.61 Å². The molecule has 5 heteroatoms. The zero-order valence-corrected chi connectivity index (χ0v) is 14.1. The lowest BCUT2D eigenvalue weighted by atomic mass is 10.2. The minimum absolute atomic E-state index is 0.000778. The largest absolute Gasteiger partial charge is 0.484 e. The van der Waals surface area contributed by atoms with Gasteiger partial charge in [0.25, 0.3) is 5.91 Å². The third kappa shape index (κ3) is 5.14. The summed E-state index contributed by atoms with van der Waals surface area (Å²) in [5.74, 6) is 2.25. The first-order chi connectivity index (χ1) is 11.0. The molecule has 124 valence electrons. The van der Waals surface area contributed by atoms with Crippen molar-refractivity contribution >= 4 is 5.91 Å². The fourth-order valence-electron chi connectivity index (χ4n) is 2.29. The molecule has 0 saturated carbocycles. The summed E-state index contributed by atoms with van der Waals surface area (Å²) in [5.41, 5.74) is 1.10. The molecule has 0 radical (unpaired) electrons. The van der Waals surface area contributed by atoms with Crippen molar-refractivity contribution in [2.75, 3.05) is 27.2 Å². The average Bonchev–Trinajstić information content (AvgIpc) is 2.91. The first-order valence-corrected chi connectivity index (χ1v) is 7.64. The lowest BCUT2D eigenvalue weighted by molar-refractivity contribution is -0.123. The van der Waals surface area contributed by atoms with Gasteiger partial charge in [-0.2, -0.15) is 0 Å². The fourth-order valence-corrected chi connectivity index (χ4v) is 2.29. The monoisotopic (exact) mass is 316 g/mol. The van der Waals surface area contributed by atoms with Gasteiger partial charge in [-0.05, 0) is 57.8 Å². The number of aryl methyl sites for hydroxylation is 2. The summed E-state index contributed by atoms with van der Waals surface area (Å²) in [6.45, 7) is 4.36. The lowest BCUT2D eigenvalue weighted by Crippen LogP contribution is -2.36. The smallest absolute Gasteiger partial charge is 0.258 e. The van der Waals surface area contributed by atoms with Crippen LogP contribution in [0.4, 0.5) is 0 Å². The second-order valence-corrected chi connectivity index (χ2v) is 5.84. The molecule has 0 bridgehead atoms. The van der Waals surface area contributed by atoms with E-state index in [1.165, 1.54) is 0 Å². The number of hydrogen-bond acceptors (Lipinski definition) is 4. The van der Waals surface area contributed by atoms with Gasteiger partial charge in [0.1, 0.15) is 17.3 Å². The van der Waals surface area contributed by atoms with Crippen molar-refractivity contribution in [3.63, 3.8) is 0 Å². The lowest BCUT2D eigenvalue weighted by Gasteiger charge is -2.22. The number of carbonyl (C=O) groups is 1. The van der Waals surface area contributed by atoms with Crippen LogP contribution in [0.5, 0.6) is 5.75 Å². The van der Waals surface area contributed by atoms with Gasteiger partial charge >= 0.3 is 0 Å². The summed E-state index contributed by atoms with van der Waals surface area (Å²) in [6, 6.07) is 11.5. The third-order valence-electron chi connectivity index (χ3n) is 3.56. The Kier molecular flexibility index (Phi) is 5.82. The normalized spacial score (nSPS) is 12.2. The van der Waals surface area contributed by atoms with E-state index < -0.39 is 0 Å². The van der Waals surface area contributed by atoms with E-state index in [9.17, 15) is 4.79 Å². The van der Waals surface area contributed by atoms with E-state index in [2.05, 4.69) is 5.32 Å². The zero-order valence-electron chi connectivity index (χ0n) is 14.1. The van der Waals surface area contributed by atoms with E-state index in [0.717, 1.165) is 17.1 Å². The highest BCUT2D eigenvalue weighted by molar-refractivity contribution is 5.77. The third-order valence-corrected chi connectivity index (χ3v) is 3.56. The van der Waals surface area contributed by atoms with Crippen LogP contribution in [0.1, 0.15) is 23.1 Å². The molecular weight excluding hydrogens is 292 g/mol. The molecule has 1 amide bonds. The molecule has 0 aliphatic carbocycles. The summed E-state index contributed by atoms with van der Waals surface area (Å²) in [6.07, 6.45) is 0. The van der Waals surface area contributed by atoms with Gasteiger partial charge in [-0.1, -0.05) is 12.1 Å². The molecule has 1 heterocycles. The molecule has 1 atom stereocenters. The molecule has 2 aromatic rings. The summed E-state index contributed by atoms with van der Waals surface area (Å²) in [7, 11) is 3.91. The first-order valence-electron chi connectivity index (χ1n) is 7.64. The molecule has 0 fully saturated rings. The van der Waals surface area contributed by atoms with Crippen LogP contribution in [0.15, 0.2) is 40.8 Å². The molecule has 0 saturated heterocycles. The maximum atomic E-state index is 12.0. The number of carbonyl (C=O) groups excluding carboxylic acids is 1. The molecule has 0 unspecified atom stereocenters. The number of furan rings is 1. The van der Waals surface area contributed by atoms with Crippen molar-refractivity contribution in [2.24, 2.45) is 0 Å². The second-order valence-electron chi connectivity index (χ2n) is 5.84. The van der Waals surface area contributed by atoms with Crippen molar-refractivity contribution in [3.8, 4) is 5.75 Å². The SMILES string of the molecule is Cc1cccc(OCC(=O)NC[C@@H](c2ccc(C)o2)N(C)C)c1. The van der Waals surface area contributed by atoms with E-state index in [0.29, 0.717) is 12.3 Å². The number of nitrogens with zero attached hydrogens (tertiary/aromatic N) is 1. The van der Waals surface area contributed by atoms with Gasteiger partial charge in [-0.25, -0.2) is 0 Å². The minimum Gasteiger partial charge on any atom is -0.484 e. The van der Waals surface area contributed by atoms with Crippen molar-refractivity contribution in [2.45, 2.75) is 19.9 Å². The minimum atomic E-state index is -0.151. The molecular formula is C18H24N2O3. The van der Waals surface area contributed by atoms with Crippen molar-refractivity contribution in [1.29, 1.82) is 0 Å². The number of amides is 1. The molecule has 1 N–H and O–H groups in total. The van der Waals surface area contributed by atoms with E-state index in [1.54, 1.807) is 0 Å². The molecule has 1 aromatic heterocycles. The quantitative estimate of drug-likeness (QED) is 0.853. The number of likely N-dealkylation sites (N-methyl/N-ethyl adjacent to an activating group) is 1. The Morgan fingerprint density at radius 3 is 2.65 bits per heavy atom. The summed E-state index contributed by atoms with van der Waals surface area (Å²) in [4.78, 5) is 14.0. The highest BCUT2D eigenvalue weighted by atomic mass is 16.5. The molecule has 1 aromatic carbocycles. The highest BCUT2D eigenvalue weighted by Gasteiger charge is 2.18. The standard InChI is InChI=1S/C18H24N2O3/c1-13-6-5-7-15(10-13)22-12-18(21)19-11-16(20(3)4)17-9-8-14(2)23-17/h5-10,16H,11-12H2,1-4H3,(H,19,21)/t16-/m0/s1. The molecule has 23 heavy (non-hydrogen) atoms. The maximum absolute atomic E-state index is 12.0. The van der Waals surface area contributed by atoms with Crippen LogP contribution in [0.2, 0.25) is 0 Å². The summed E-state index contributed by atoms with van der Waals surface area (Å²) in [5, 5.41) is 2.89. The predicted octanol–water partition coefficient (Wildman–Crippen LogP) is 2.69. The van der Waals surface area contributed by atoms with Crippen LogP contribution in [0, 0.1) is 13.8 Å². The molecule has 2 rings (SSSR count). The Hall–Kier alpha value is -2.27. The number of rotatable bonds is 7. The van der Waals surface area contributed by atoms with Gasteiger partial charge < -0.3 is 14.5 Å². The average molecular weight is 316 g/mol. The van der Waals surface area contributed by atoms with Gasteiger partial charge in [-0.15, -0.1) is 0 Å². The van der Waals surface area contributed by atoms with E-state index >= 15 is 0 Å². The molecule has 0 aliphatic heterocycles. The number of nitrogens with one attached hydrogen (secondary N) is 1. The highest BCUT2D eigenvalue weighted by Crippen LogP contribution is 2.19. The van der Waals surface area contributed by atoms with Gasteiger partial charge in [0.05, 0.1) is 6.04 Å².